The lowest BCUT2D eigenvalue weighted by molar-refractivity contribution is -0.883. The third kappa shape index (κ3) is 2.91. The Balaban J connectivity index is 2.27. The Labute approximate surface area is 114 Å². The van der Waals surface area contributed by atoms with Crippen molar-refractivity contribution in [2.45, 2.75) is 11.8 Å². The fraction of sp³-hybridized carbons (Fsp3) is 0.538. The number of quaternary nitrogens is 1. The molecule has 0 radical (unpaired) electrons. The summed E-state index contributed by atoms with van der Waals surface area (Å²) in [5.74, 6) is 0.710. The topological polar surface area (TPSA) is 51.1 Å². The second-order valence-corrected chi connectivity index (χ2v) is 6.93. The minimum Gasteiger partial charge on any atom is -0.496 e. The van der Waals surface area contributed by atoms with E-state index in [9.17, 15) is 8.42 Å². The molecule has 0 saturated carbocycles. The van der Waals surface area contributed by atoms with Crippen LogP contribution in [-0.4, -0.2) is 53.1 Å². The van der Waals surface area contributed by atoms with Gasteiger partial charge in [-0.15, -0.1) is 0 Å². The average Bonchev–Trinajstić information content (AvgIpc) is 2.39. The molecule has 0 amide bonds. The van der Waals surface area contributed by atoms with Crippen molar-refractivity contribution in [3.63, 3.8) is 0 Å². The van der Waals surface area contributed by atoms with Crippen LogP contribution in [-0.2, 0) is 10.0 Å². The number of ether oxygens (including phenoxy) is 1. The Kier molecular flexibility index (Phi) is 4.13. The van der Waals surface area contributed by atoms with Crippen LogP contribution in [0, 0.1) is 6.92 Å². The van der Waals surface area contributed by atoms with Crippen molar-refractivity contribution in [3.05, 3.63) is 23.8 Å². The summed E-state index contributed by atoms with van der Waals surface area (Å²) in [4.78, 5) is 1.72. The second-order valence-electron chi connectivity index (χ2n) is 4.99. The van der Waals surface area contributed by atoms with E-state index in [0.29, 0.717) is 23.7 Å². The Morgan fingerprint density at radius 1 is 1.26 bits per heavy atom. The number of methoxy groups -OCH3 is 1. The summed E-state index contributed by atoms with van der Waals surface area (Å²) in [6.45, 7) is 4.73. The van der Waals surface area contributed by atoms with E-state index in [0.717, 1.165) is 18.7 Å². The highest BCUT2D eigenvalue weighted by molar-refractivity contribution is 7.89. The van der Waals surface area contributed by atoms with Crippen LogP contribution in [0.15, 0.2) is 23.1 Å². The molecular weight excluding hydrogens is 264 g/mol. The monoisotopic (exact) mass is 285 g/mol. The smallest absolute Gasteiger partial charge is 0.243 e. The zero-order valence-electron chi connectivity index (χ0n) is 11.6. The maximum Gasteiger partial charge on any atom is 0.243 e. The molecule has 0 aromatic heterocycles. The molecule has 0 aliphatic carbocycles. The summed E-state index contributed by atoms with van der Waals surface area (Å²) >= 11 is 0. The number of piperazine rings is 1. The van der Waals surface area contributed by atoms with E-state index < -0.39 is 10.0 Å². The molecule has 1 N–H and O–H groups in total. The molecular formula is C13H21N2O3S+. The lowest BCUT2D eigenvalue weighted by Crippen LogP contribution is -3.12. The van der Waals surface area contributed by atoms with Crippen LogP contribution in [0.2, 0.25) is 0 Å². The Morgan fingerprint density at radius 2 is 1.89 bits per heavy atom. The van der Waals surface area contributed by atoms with Gasteiger partial charge in [0.1, 0.15) is 5.75 Å². The fourth-order valence-corrected chi connectivity index (χ4v) is 3.80. The lowest BCUT2D eigenvalue weighted by Gasteiger charge is -2.29. The van der Waals surface area contributed by atoms with E-state index in [-0.39, 0.29) is 0 Å². The molecule has 0 unspecified atom stereocenters. The highest BCUT2D eigenvalue weighted by Gasteiger charge is 2.29. The van der Waals surface area contributed by atoms with Gasteiger partial charge in [-0.1, -0.05) is 0 Å². The van der Waals surface area contributed by atoms with Crippen molar-refractivity contribution in [2.24, 2.45) is 0 Å². The van der Waals surface area contributed by atoms with Gasteiger partial charge in [0.2, 0.25) is 10.0 Å². The normalized spacial score (nSPS) is 18.5. The molecule has 1 saturated heterocycles. The number of benzene rings is 1. The zero-order valence-corrected chi connectivity index (χ0v) is 12.5. The summed E-state index contributed by atoms with van der Waals surface area (Å²) in [5, 5.41) is 0. The van der Waals surface area contributed by atoms with Gasteiger partial charge < -0.3 is 9.64 Å². The predicted octanol–water partition coefficient (Wildman–Crippen LogP) is -0.477. The summed E-state index contributed by atoms with van der Waals surface area (Å²) in [5.41, 5.74) is 0.836. The van der Waals surface area contributed by atoms with Gasteiger partial charge in [-0.25, -0.2) is 8.42 Å². The van der Waals surface area contributed by atoms with Gasteiger partial charge in [0, 0.05) is 0 Å². The van der Waals surface area contributed by atoms with Gasteiger partial charge in [-0.3, -0.25) is 0 Å². The summed E-state index contributed by atoms with van der Waals surface area (Å²) < 4.78 is 31.8. The first-order valence-electron chi connectivity index (χ1n) is 6.41. The van der Waals surface area contributed by atoms with Crippen LogP contribution in [0.1, 0.15) is 5.56 Å². The molecule has 0 atom stereocenters. The number of hydrogen-bond donors (Lipinski definition) is 1. The van der Waals surface area contributed by atoms with E-state index in [1.807, 2.05) is 6.92 Å². The van der Waals surface area contributed by atoms with Crippen molar-refractivity contribution >= 4 is 10.0 Å². The number of rotatable bonds is 3. The SMILES string of the molecule is COc1ccc(S(=O)(=O)N2CC[NH+](C)CC2)cc1C. The summed E-state index contributed by atoms with van der Waals surface area (Å²) in [6, 6.07) is 5.01. The first-order valence-corrected chi connectivity index (χ1v) is 7.85. The highest BCUT2D eigenvalue weighted by Crippen LogP contribution is 2.23. The fourth-order valence-electron chi connectivity index (χ4n) is 2.27. The highest BCUT2D eigenvalue weighted by atomic mass is 32.2. The number of nitrogens with zero attached hydrogens (tertiary/aromatic N) is 1. The molecule has 1 fully saturated rings. The summed E-state index contributed by atoms with van der Waals surface area (Å²) in [6.07, 6.45) is 0. The molecule has 6 heteroatoms. The average molecular weight is 285 g/mol. The van der Waals surface area contributed by atoms with Crippen LogP contribution >= 0.6 is 0 Å². The van der Waals surface area contributed by atoms with Gasteiger partial charge in [-0.05, 0) is 30.7 Å². The van der Waals surface area contributed by atoms with E-state index >= 15 is 0 Å². The predicted molar refractivity (Wildman–Crippen MR) is 73.1 cm³/mol. The summed E-state index contributed by atoms with van der Waals surface area (Å²) in [7, 11) is 0.299. The Morgan fingerprint density at radius 3 is 2.42 bits per heavy atom. The minimum absolute atomic E-state index is 0.352. The third-order valence-corrected chi connectivity index (χ3v) is 5.47. The molecule has 5 nitrogen and oxygen atoms in total. The molecule has 0 bridgehead atoms. The van der Waals surface area contributed by atoms with Crippen LogP contribution in [0.4, 0.5) is 0 Å². The van der Waals surface area contributed by atoms with Crippen molar-refractivity contribution in [1.29, 1.82) is 0 Å². The minimum atomic E-state index is -3.37. The lowest BCUT2D eigenvalue weighted by atomic mass is 10.2. The molecule has 1 aromatic rings. The molecule has 1 aliphatic rings. The molecule has 106 valence electrons. The van der Waals surface area contributed by atoms with Crippen LogP contribution in [0.3, 0.4) is 0 Å². The number of hydrogen-bond acceptors (Lipinski definition) is 3. The van der Waals surface area contributed by atoms with Crippen molar-refractivity contribution in [3.8, 4) is 5.75 Å². The van der Waals surface area contributed by atoms with Crippen LogP contribution in [0.5, 0.6) is 5.75 Å². The second kappa shape index (κ2) is 5.48. The number of nitrogens with one attached hydrogen (secondary N) is 1. The molecule has 0 spiro atoms. The van der Waals surface area contributed by atoms with E-state index in [4.69, 9.17) is 4.74 Å². The van der Waals surface area contributed by atoms with E-state index in [1.54, 1.807) is 29.6 Å². The van der Waals surface area contributed by atoms with E-state index in [2.05, 4.69) is 7.05 Å². The van der Waals surface area contributed by atoms with Gasteiger partial charge in [-0.2, -0.15) is 4.31 Å². The number of likely N-dealkylation sites (N-methyl/N-ethyl adjacent to an activating group) is 1. The molecule has 19 heavy (non-hydrogen) atoms. The standard InChI is InChI=1S/C13H20N2O3S/c1-11-10-12(4-5-13(11)18-3)19(16,17)15-8-6-14(2)7-9-15/h4-5,10H,6-9H2,1-3H3/p+1. The van der Waals surface area contributed by atoms with Gasteiger partial charge in [0.05, 0.1) is 45.2 Å². The number of aryl methyl sites for hydroxylation is 1. The van der Waals surface area contributed by atoms with Crippen LogP contribution in [0.25, 0.3) is 0 Å². The maximum absolute atomic E-state index is 12.5. The van der Waals surface area contributed by atoms with Gasteiger partial charge in [0.25, 0.3) is 0 Å². The molecule has 1 heterocycles. The molecule has 2 rings (SSSR count). The van der Waals surface area contributed by atoms with Crippen molar-refractivity contribution < 1.29 is 18.1 Å². The first-order chi connectivity index (χ1) is 8.95. The Hall–Kier alpha value is -1.11. The Bertz CT molecular complexity index is 549. The zero-order chi connectivity index (χ0) is 14.0. The third-order valence-electron chi connectivity index (χ3n) is 3.58. The molecule has 1 aromatic carbocycles. The van der Waals surface area contributed by atoms with Gasteiger partial charge >= 0.3 is 0 Å². The first kappa shape index (κ1) is 14.3. The number of sulfonamides is 1. The largest absolute Gasteiger partial charge is 0.496 e. The van der Waals surface area contributed by atoms with E-state index in [1.165, 1.54) is 4.90 Å². The quantitative estimate of drug-likeness (QED) is 0.816. The molecule has 1 aliphatic heterocycles. The van der Waals surface area contributed by atoms with Gasteiger partial charge in [0.15, 0.2) is 0 Å². The van der Waals surface area contributed by atoms with Crippen molar-refractivity contribution in [2.75, 3.05) is 40.3 Å². The maximum atomic E-state index is 12.5. The van der Waals surface area contributed by atoms with Crippen molar-refractivity contribution in [1.82, 2.24) is 4.31 Å². The van der Waals surface area contributed by atoms with Crippen LogP contribution < -0.4 is 9.64 Å².